The van der Waals surface area contributed by atoms with Crippen LogP contribution >= 0.6 is 0 Å². The topological polar surface area (TPSA) is 343 Å². The lowest BCUT2D eigenvalue weighted by Crippen LogP contribution is -2.49. The number of hydrogen-bond acceptors (Lipinski definition) is 13. The number of amides is 6. The van der Waals surface area contributed by atoms with Gasteiger partial charge in [-0.05, 0) is 127 Å². The summed E-state index contributed by atoms with van der Waals surface area (Å²) in [5.41, 5.74) is 6.69. The largest absolute Gasteiger partial charge is 0.481 e. The molecule has 2 rings (SSSR count). The Labute approximate surface area is 500 Å². The summed E-state index contributed by atoms with van der Waals surface area (Å²) in [5, 5.41) is 47.4. The molecule has 0 radical (unpaired) electrons. The van der Waals surface area contributed by atoms with E-state index in [-0.39, 0.29) is 79.7 Å². The molecular formula is C62H108N8O14. The molecule has 3 atom stereocenters. The highest BCUT2D eigenvalue weighted by Crippen LogP contribution is 2.38. The van der Waals surface area contributed by atoms with E-state index in [9.17, 15) is 53.4 Å². The summed E-state index contributed by atoms with van der Waals surface area (Å²) in [7, 11) is 1.61. The van der Waals surface area contributed by atoms with E-state index < -0.39 is 71.4 Å². The van der Waals surface area contributed by atoms with Gasteiger partial charge in [-0.2, -0.15) is 0 Å². The van der Waals surface area contributed by atoms with Gasteiger partial charge in [-0.25, -0.2) is 4.79 Å². The number of primary amides is 1. The lowest BCUT2D eigenvalue weighted by atomic mass is 9.72. The lowest BCUT2D eigenvalue weighted by molar-refractivity contribution is -0.143. The predicted molar refractivity (Wildman–Crippen MR) is 327 cm³/mol. The Kier molecular flexibility index (Phi) is 37.8. The number of carbonyl (C=O) groups is 9. The quantitative estimate of drug-likeness (QED) is 0.0278. The molecule has 0 saturated heterocycles. The Morgan fingerprint density at radius 2 is 1.20 bits per heavy atom. The number of carbonyl (C=O) groups excluding carboxylic acids is 6. The van der Waals surface area contributed by atoms with Crippen LogP contribution in [0, 0.1) is 16.7 Å². The molecule has 0 aromatic heterocycles. The van der Waals surface area contributed by atoms with Gasteiger partial charge in [0.25, 0.3) is 0 Å². The van der Waals surface area contributed by atoms with E-state index in [1.165, 1.54) is 0 Å². The van der Waals surface area contributed by atoms with Crippen molar-refractivity contribution in [2.45, 2.75) is 234 Å². The van der Waals surface area contributed by atoms with E-state index in [0.717, 1.165) is 62.0 Å². The maximum atomic E-state index is 13.0. The van der Waals surface area contributed by atoms with E-state index >= 15 is 0 Å². The molecule has 3 unspecified atom stereocenters. The number of anilines is 1. The van der Waals surface area contributed by atoms with E-state index in [2.05, 4.69) is 50.7 Å². The first-order valence-corrected chi connectivity index (χ1v) is 30.2. The second-order valence-corrected chi connectivity index (χ2v) is 24.3. The number of nitrogens with two attached hydrogens (primary N) is 1. The normalized spacial score (nSPS) is 13.8. The summed E-state index contributed by atoms with van der Waals surface area (Å²) >= 11 is 0. The van der Waals surface area contributed by atoms with Gasteiger partial charge >= 0.3 is 17.9 Å². The van der Waals surface area contributed by atoms with Crippen molar-refractivity contribution in [2.75, 3.05) is 45.2 Å². The average Bonchev–Trinajstić information content (AvgIpc) is 3.57. The number of benzene rings is 1. The van der Waals surface area contributed by atoms with Crippen LogP contribution in [0.4, 0.5) is 5.69 Å². The Bertz CT molecular complexity index is 2190. The summed E-state index contributed by atoms with van der Waals surface area (Å²) in [6.07, 6.45) is 9.45. The molecule has 84 heavy (non-hydrogen) atoms. The van der Waals surface area contributed by atoms with Gasteiger partial charge < -0.3 is 67.7 Å². The lowest BCUT2D eigenvalue weighted by Gasteiger charge is -2.33. The molecule has 1 fully saturated rings. The summed E-state index contributed by atoms with van der Waals surface area (Å²) in [4.78, 5) is 109. The number of rotatable bonds is 41. The van der Waals surface area contributed by atoms with Gasteiger partial charge in [0.05, 0.1) is 30.8 Å². The van der Waals surface area contributed by atoms with Crippen molar-refractivity contribution in [3.05, 3.63) is 36.4 Å². The second-order valence-electron chi connectivity index (χ2n) is 24.3. The van der Waals surface area contributed by atoms with Crippen molar-refractivity contribution in [1.82, 2.24) is 31.9 Å². The fourth-order valence-electron chi connectivity index (χ4n) is 9.67. The van der Waals surface area contributed by atoms with Crippen molar-refractivity contribution in [3.8, 4) is 0 Å². The Balaban J connectivity index is 0.00000328. The van der Waals surface area contributed by atoms with E-state index in [4.69, 9.17) is 20.3 Å². The van der Waals surface area contributed by atoms with Crippen LogP contribution in [0.5, 0.6) is 0 Å². The average molecular weight is 1190 g/mol. The summed E-state index contributed by atoms with van der Waals surface area (Å²) < 4.78 is 12.1. The molecule has 6 amide bonds. The maximum Gasteiger partial charge on any atom is 0.326 e. The SMILES string of the molecule is C=C(NCCCCC(NC(=O)CCC(C)(C)OCCC(C)(C)OCCNC(=O)C(CCC(=O)O)NC(=O)CCC(NC(=O)C1CCCCC1)C(=O)O)C(N)=O)c1ccc(NCCCC)cc1.CC.CNC(=O)CC(C)(C)CC(C)(C)CC(=O)O. The van der Waals surface area contributed by atoms with Crippen molar-refractivity contribution in [3.63, 3.8) is 0 Å². The van der Waals surface area contributed by atoms with Crippen LogP contribution in [-0.2, 0) is 52.6 Å². The predicted octanol–water partition coefficient (Wildman–Crippen LogP) is 7.82. The van der Waals surface area contributed by atoms with Gasteiger partial charge in [0.1, 0.15) is 18.1 Å². The van der Waals surface area contributed by atoms with Gasteiger partial charge in [0.2, 0.25) is 35.4 Å². The summed E-state index contributed by atoms with van der Waals surface area (Å²) in [5.74, 6) is -5.99. The number of ether oxygens (including phenoxy) is 2. The molecule has 1 aliphatic rings. The van der Waals surface area contributed by atoms with Crippen LogP contribution in [0.1, 0.15) is 210 Å². The molecule has 0 bridgehead atoms. The number of nitrogens with one attached hydrogen (secondary N) is 7. The Morgan fingerprint density at radius 1 is 0.631 bits per heavy atom. The molecule has 12 N–H and O–H groups in total. The number of unbranched alkanes of at least 4 members (excludes halogenated alkanes) is 2. The monoisotopic (exact) mass is 1190 g/mol. The second kappa shape index (κ2) is 40.9. The van der Waals surface area contributed by atoms with Gasteiger partial charge in [0.15, 0.2) is 0 Å². The first-order chi connectivity index (χ1) is 39.3. The van der Waals surface area contributed by atoms with Gasteiger partial charge in [-0.15, -0.1) is 0 Å². The standard InChI is InChI=1S/C48H79N7O11.C12H23NO3.C2H6/c1-7-8-28-51-36-19-17-34(18-20-36)33(2)50-29-13-12-16-37(43(49)60)53-41(57)25-26-47(3,4)65-31-27-48(5,6)66-32-30-52-45(62)38(22-24-42(58)59)54-40(56)23-21-39(46(63)64)55-44(61)35-14-10-9-11-15-35;1-11(2,6-9(14)13-5)8-12(3,4)7-10(15)16;1-2/h17-20,35,37-39,50-51H,2,7-16,21-32H2,1,3-6H3,(H2,49,60)(H,52,62)(H,53,57)(H,54,56)(H,55,61)(H,58,59)(H,63,64);6-8H2,1-5H3,(H,13,14)(H,15,16);1-2H3. The zero-order chi connectivity index (χ0) is 64.1. The summed E-state index contributed by atoms with van der Waals surface area (Å²) in [6.45, 7) is 27.6. The molecule has 1 aromatic carbocycles. The van der Waals surface area contributed by atoms with Crippen LogP contribution < -0.4 is 43.0 Å². The van der Waals surface area contributed by atoms with Gasteiger partial charge in [-0.1, -0.05) is 92.9 Å². The highest BCUT2D eigenvalue weighted by Gasteiger charge is 2.33. The van der Waals surface area contributed by atoms with E-state index in [1.807, 2.05) is 93.5 Å². The first-order valence-electron chi connectivity index (χ1n) is 30.2. The van der Waals surface area contributed by atoms with Crippen molar-refractivity contribution < 1.29 is 67.9 Å². The smallest absolute Gasteiger partial charge is 0.326 e. The fraction of sp³-hybridized carbons (Fsp3) is 0.726. The van der Waals surface area contributed by atoms with E-state index in [0.29, 0.717) is 64.5 Å². The number of aliphatic carboxylic acids is 3. The molecule has 480 valence electrons. The van der Waals surface area contributed by atoms with Crippen LogP contribution in [-0.4, -0.2) is 138 Å². The Morgan fingerprint density at radius 3 is 1.77 bits per heavy atom. The number of hydrogen-bond donors (Lipinski definition) is 11. The number of carboxylic acids is 3. The minimum Gasteiger partial charge on any atom is -0.481 e. The highest BCUT2D eigenvalue weighted by atomic mass is 16.5. The summed E-state index contributed by atoms with van der Waals surface area (Å²) in [6, 6.07) is 4.85. The van der Waals surface area contributed by atoms with Crippen LogP contribution in [0.2, 0.25) is 0 Å². The zero-order valence-electron chi connectivity index (χ0n) is 52.9. The molecule has 0 heterocycles. The highest BCUT2D eigenvalue weighted by molar-refractivity contribution is 5.89. The maximum absolute atomic E-state index is 13.0. The first kappa shape index (κ1) is 77.7. The molecule has 22 nitrogen and oxygen atoms in total. The van der Waals surface area contributed by atoms with Gasteiger partial charge in [0, 0.05) is 69.7 Å². The fourth-order valence-corrected chi connectivity index (χ4v) is 9.67. The van der Waals surface area contributed by atoms with Crippen molar-refractivity contribution >= 4 is 64.7 Å². The molecular weight excluding hydrogens is 1080 g/mol. The van der Waals surface area contributed by atoms with Crippen molar-refractivity contribution in [2.24, 2.45) is 22.5 Å². The molecule has 0 spiro atoms. The molecule has 1 aliphatic carbocycles. The third-order valence-electron chi connectivity index (χ3n) is 14.1. The van der Waals surface area contributed by atoms with Crippen LogP contribution in [0.25, 0.3) is 5.70 Å². The minimum absolute atomic E-state index is 0.00359. The molecule has 1 saturated carbocycles. The zero-order valence-corrected chi connectivity index (χ0v) is 52.9. The van der Waals surface area contributed by atoms with Crippen LogP contribution in [0.3, 0.4) is 0 Å². The molecule has 1 aromatic rings. The molecule has 0 aliphatic heterocycles. The van der Waals surface area contributed by atoms with Gasteiger partial charge in [-0.3, -0.25) is 38.4 Å². The number of carboxylic acid groups (broad SMARTS) is 3. The molecule has 22 heteroatoms. The third-order valence-corrected chi connectivity index (χ3v) is 14.1. The minimum atomic E-state index is -1.28. The van der Waals surface area contributed by atoms with Crippen LogP contribution in [0.15, 0.2) is 30.8 Å². The Hall–Kier alpha value is -6.29. The van der Waals surface area contributed by atoms with E-state index in [1.54, 1.807) is 7.05 Å². The third kappa shape index (κ3) is 37.1. The van der Waals surface area contributed by atoms with Crippen molar-refractivity contribution in [1.29, 1.82) is 0 Å².